The Kier molecular flexibility index (Phi) is 6.43. The molecule has 0 heterocycles. The van der Waals surface area contributed by atoms with E-state index in [1.165, 1.54) is 10.4 Å². The third-order valence-corrected chi connectivity index (χ3v) is 9.77. The summed E-state index contributed by atoms with van der Waals surface area (Å²) in [7, 11) is -3.74. The van der Waals surface area contributed by atoms with Crippen molar-refractivity contribution in [2.75, 3.05) is 13.2 Å². The van der Waals surface area contributed by atoms with E-state index in [9.17, 15) is 0 Å². The molecule has 0 radical (unpaired) electrons. The highest BCUT2D eigenvalue weighted by atomic mass is 28.4. The van der Waals surface area contributed by atoms with Crippen LogP contribution in [0.2, 0.25) is 26.2 Å². The Labute approximate surface area is 155 Å². The van der Waals surface area contributed by atoms with Crippen LogP contribution < -0.4 is 10.4 Å². The Bertz CT molecular complexity index is 595. The lowest BCUT2D eigenvalue weighted by Crippen LogP contribution is -2.49. The lowest BCUT2D eigenvalue weighted by molar-refractivity contribution is 0.105. The summed E-state index contributed by atoms with van der Waals surface area (Å²) in [5.74, 6) is 0. The monoisotopic (exact) mass is 372 g/mol. The highest BCUT2D eigenvalue weighted by Gasteiger charge is 2.32. The minimum atomic E-state index is -1.87. The highest BCUT2D eigenvalue weighted by molar-refractivity contribution is 6.84. The molecule has 0 atom stereocenters. The van der Waals surface area contributed by atoms with Crippen LogP contribution in [0.25, 0.3) is 0 Å². The molecule has 136 valence electrons. The fraction of sp³-hybridized carbons (Fsp3) is 0.429. The third-order valence-electron chi connectivity index (χ3n) is 4.59. The predicted octanol–water partition coefficient (Wildman–Crippen LogP) is 4.27. The average molecular weight is 373 g/mol. The molecular weight excluding hydrogens is 340 g/mol. The Hall–Kier alpha value is -1.21. The van der Waals surface area contributed by atoms with Crippen LogP contribution in [0.4, 0.5) is 0 Å². The molecule has 2 aromatic rings. The van der Waals surface area contributed by atoms with Gasteiger partial charge in [0.05, 0.1) is 0 Å². The molecule has 0 N–H and O–H groups in total. The smallest absolute Gasteiger partial charge is 0.218 e. The third kappa shape index (κ3) is 5.92. The van der Waals surface area contributed by atoms with E-state index in [4.69, 9.17) is 8.85 Å². The fourth-order valence-electron chi connectivity index (χ4n) is 2.64. The number of rotatable bonds is 8. The summed E-state index contributed by atoms with van der Waals surface area (Å²) < 4.78 is 12.9. The summed E-state index contributed by atoms with van der Waals surface area (Å²) in [5.41, 5.74) is -0.00188. The van der Waals surface area contributed by atoms with E-state index in [1.807, 2.05) is 0 Å². The van der Waals surface area contributed by atoms with Crippen LogP contribution in [0.15, 0.2) is 60.7 Å². The van der Waals surface area contributed by atoms with Crippen molar-refractivity contribution >= 4 is 27.0 Å². The standard InChI is InChI=1S/C21H32O2Si2/c1-21(2,17-22-24(3,4)19-13-9-7-10-14-19)18-23-25(5,6)20-15-11-8-12-16-20/h7-16H,17-18H2,1-6H3. The number of hydrogen-bond donors (Lipinski definition) is 0. The largest absolute Gasteiger partial charge is 0.412 e. The van der Waals surface area contributed by atoms with Gasteiger partial charge in [0, 0.05) is 18.6 Å². The molecule has 0 aromatic heterocycles. The summed E-state index contributed by atoms with van der Waals surface area (Å²) in [6.45, 7) is 15.0. The zero-order chi connectivity index (χ0) is 18.6. The Balaban J connectivity index is 1.93. The van der Waals surface area contributed by atoms with Gasteiger partial charge in [-0.2, -0.15) is 0 Å². The lowest BCUT2D eigenvalue weighted by atomic mass is 9.97. The van der Waals surface area contributed by atoms with Crippen molar-refractivity contribution in [3.05, 3.63) is 60.7 Å². The van der Waals surface area contributed by atoms with Gasteiger partial charge in [-0.25, -0.2) is 0 Å². The second-order valence-corrected chi connectivity index (χ2v) is 16.3. The second-order valence-electron chi connectivity index (χ2n) is 8.49. The zero-order valence-corrected chi connectivity index (χ0v) is 18.5. The van der Waals surface area contributed by atoms with Crippen molar-refractivity contribution in [2.24, 2.45) is 5.41 Å². The van der Waals surface area contributed by atoms with E-state index >= 15 is 0 Å². The van der Waals surface area contributed by atoms with Crippen LogP contribution in [0.5, 0.6) is 0 Å². The maximum atomic E-state index is 6.43. The van der Waals surface area contributed by atoms with E-state index in [-0.39, 0.29) is 5.41 Å². The van der Waals surface area contributed by atoms with Crippen LogP contribution in [-0.4, -0.2) is 29.8 Å². The minimum absolute atomic E-state index is 0.00188. The van der Waals surface area contributed by atoms with Crippen LogP contribution in [0, 0.1) is 5.41 Å². The molecule has 0 spiro atoms. The van der Waals surface area contributed by atoms with Crippen LogP contribution >= 0.6 is 0 Å². The van der Waals surface area contributed by atoms with Crippen molar-refractivity contribution in [3.8, 4) is 0 Å². The van der Waals surface area contributed by atoms with E-state index in [0.29, 0.717) is 0 Å². The summed E-state index contributed by atoms with van der Waals surface area (Å²) in [4.78, 5) is 0. The predicted molar refractivity (Wildman–Crippen MR) is 113 cm³/mol. The number of hydrogen-bond acceptors (Lipinski definition) is 2. The number of benzene rings is 2. The lowest BCUT2D eigenvalue weighted by Gasteiger charge is -2.34. The molecule has 2 nitrogen and oxygen atoms in total. The van der Waals surface area contributed by atoms with E-state index in [2.05, 4.69) is 101 Å². The van der Waals surface area contributed by atoms with Gasteiger partial charge in [0.2, 0.25) is 16.6 Å². The molecule has 0 saturated carbocycles. The Morgan fingerprint density at radius 3 is 1.28 bits per heavy atom. The van der Waals surface area contributed by atoms with Gasteiger partial charge in [-0.15, -0.1) is 0 Å². The van der Waals surface area contributed by atoms with Crippen molar-refractivity contribution in [2.45, 2.75) is 40.0 Å². The van der Waals surface area contributed by atoms with Gasteiger partial charge in [0.25, 0.3) is 0 Å². The first kappa shape index (κ1) is 20.1. The summed E-state index contributed by atoms with van der Waals surface area (Å²) in [6.07, 6.45) is 0. The maximum Gasteiger partial charge on any atom is 0.218 e. The van der Waals surface area contributed by atoms with Gasteiger partial charge < -0.3 is 8.85 Å². The van der Waals surface area contributed by atoms with Gasteiger partial charge in [-0.3, -0.25) is 0 Å². The van der Waals surface area contributed by atoms with Crippen LogP contribution in [0.1, 0.15) is 13.8 Å². The summed E-state index contributed by atoms with van der Waals surface area (Å²) >= 11 is 0. The molecule has 0 aliphatic heterocycles. The minimum Gasteiger partial charge on any atom is -0.412 e. The first-order valence-corrected chi connectivity index (χ1v) is 14.8. The molecule has 4 heteroatoms. The molecular formula is C21H32O2Si2. The van der Waals surface area contributed by atoms with Gasteiger partial charge in [-0.05, 0) is 36.6 Å². The normalized spacial score (nSPS) is 13.0. The molecule has 0 saturated heterocycles. The first-order chi connectivity index (χ1) is 11.6. The van der Waals surface area contributed by atoms with Crippen LogP contribution in [0.3, 0.4) is 0 Å². The molecule has 25 heavy (non-hydrogen) atoms. The van der Waals surface area contributed by atoms with Gasteiger partial charge in [0.1, 0.15) is 0 Å². The van der Waals surface area contributed by atoms with Crippen molar-refractivity contribution in [1.29, 1.82) is 0 Å². The van der Waals surface area contributed by atoms with E-state index in [1.54, 1.807) is 0 Å². The summed E-state index contributed by atoms with van der Waals surface area (Å²) in [5, 5.41) is 2.68. The van der Waals surface area contributed by atoms with E-state index in [0.717, 1.165) is 13.2 Å². The first-order valence-electron chi connectivity index (χ1n) is 9.01. The summed E-state index contributed by atoms with van der Waals surface area (Å²) in [6, 6.07) is 21.2. The van der Waals surface area contributed by atoms with Crippen molar-refractivity contribution in [1.82, 2.24) is 0 Å². The zero-order valence-electron chi connectivity index (χ0n) is 16.5. The SMILES string of the molecule is CC(C)(CO[Si](C)(C)c1ccccc1)CO[Si](C)(C)c1ccccc1. The quantitative estimate of drug-likeness (QED) is 0.644. The van der Waals surface area contributed by atoms with Gasteiger partial charge in [-0.1, -0.05) is 74.5 Å². The van der Waals surface area contributed by atoms with Crippen molar-refractivity contribution < 1.29 is 8.85 Å². The molecule has 0 fully saturated rings. The average Bonchev–Trinajstić information content (AvgIpc) is 2.60. The molecule has 0 amide bonds. The van der Waals surface area contributed by atoms with Crippen LogP contribution in [-0.2, 0) is 8.85 Å². The van der Waals surface area contributed by atoms with Gasteiger partial charge >= 0.3 is 0 Å². The molecule has 0 bridgehead atoms. The topological polar surface area (TPSA) is 18.5 Å². The molecule has 2 rings (SSSR count). The highest BCUT2D eigenvalue weighted by Crippen LogP contribution is 2.21. The Morgan fingerprint density at radius 2 is 0.960 bits per heavy atom. The van der Waals surface area contributed by atoms with E-state index < -0.39 is 16.6 Å². The molecule has 2 aromatic carbocycles. The Morgan fingerprint density at radius 1 is 0.640 bits per heavy atom. The molecule has 0 aliphatic rings. The van der Waals surface area contributed by atoms with Crippen molar-refractivity contribution in [3.63, 3.8) is 0 Å². The second kappa shape index (κ2) is 8.00. The fourth-order valence-corrected chi connectivity index (χ4v) is 6.47. The molecule has 0 aliphatic carbocycles. The molecule has 0 unspecified atom stereocenters. The van der Waals surface area contributed by atoms with Gasteiger partial charge in [0.15, 0.2) is 0 Å². The maximum absolute atomic E-state index is 6.43.